The second-order valence-corrected chi connectivity index (χ2v) is 7.23. The average molecular weight is 365 g/mol. The van der Waals surface area contributed by atoms with Crippen LogP contribution in [-0.4, -0.2) is 19.5 Å². The molecule has 2 unspecified atom stereocenters. The Morgan fingerprint density at radius 2 is 1.54 bits per heavy atom. The number of unbranched alkanes of at least 4 members (excludes halogenated alkanes) is 3. The van der Waals surface area contributed by atoms with E-state index in [0.29, 0.717) is 5.92 Å². The van der Waals surface area contributed by atoms with Crippen molar-refractivity contribution < 1.29 is 14.2 Å². The van der Waals surface area contributed by atoms with Crippen LogP contribution < -0.4 is 9.47 Å². The summed E-state index contributed by atoms with van der Waals surface area (Å²) < 4.78 is 18.2. The SMILES string of the molecule is CCCCCC(CC)(OCC(CC)CCCC)Oc1ccc(OC)cc1. The fourth-order valence-electron chi connectivity index (χ4n) is 3.17. The Kier molecular flexibility index (Phi) is 11.4. The normalized spacial score (nSPS) is 14.7. The Morgan fingerprint density at radius 3 is 2.08 bits per heavy atom. The van der Waals surface area contributed by atoms with Gasteiger partial charge >= 0.3 is 0 Å². The number of methoxy groups -OCH3 is 1. The van der Waals surface area contributed by atoms with Crippen molar-refractivity contribution >= 4 is 0 Å². The van der Waals surface area contributed by atoms with Gasteiger partial charge in [0.15, 0.2) is 0 Å². The van der Waals surface area contributed by atoms with Gasteiger partial charge in [-0.1, -0.05) is 59.8 Å². The van der Waals surface area contributed by atoms with Gasteiger partial charge in [0.05, 0.1) is 13.7 Å². The minimum absolute atomic E-state index is 0.524. The van der Waals surface area contributed by atoms with Crippen molar-refractivity contribution in [3.63, 3.8) is 0 Å². The van der Waals surface area contributed by atoms with Gasteiger partial charge in [0, 0.05) is 12.8 Å². The predicted octanol–water partition coefficient (Wildman–Crippen LogP) is 6.99. The first-order valence-electron chi connectivity index (χ1n) is 10.6. The molecule has 0 fully saturated rings. The van der Waals surface area contributed by atoms with Crippen LogP contribution in [-0.2, 0) is 4.74 Å². The van der Waals surface area contributed by atoms with Crippen molar-refractivity contribution in [3.8, 4) is 11.5 Å². The van der Waals surface area contributed by atoms with Crippen molar-refractivity contribution in [3.05, 3.63) is 24.3 Å². The van der Waals surface area contributed by atoms with E-state index in [9.17, 15) is 0 Å². The zero-order valence-electron chi connectivity index (χ0n) is 17.7. The Hall–Kier alpha value is -1.22. The van der Waals surface area contributed by atoms with E-state index in [-0.39, 0.29) is 0 Å². The van der Waals surface area contributed by atoms with Crippen LogP contribution in [0.3, 0.4) is 0 Å². The molecular formula is C23H40O3. The van der Waals surface area contributed by atoms with Crippen LogP contribution in [0.4, 0.5) is 0 Å². The van der Waals surface area contributed by atoms with E-state index in [1.54, 1.807) is 7.11 Å². The van der Waals surface area contributed by atoms with Crippen molar-refractivity contribution in [2.75, 3.05) is 13.7 Å². The third kappa shape index (κ3) is 7.99. The van der Waals surface area contributed by atoms with Gasteiger partial charge in [-0.2, -0.15) is 0 Å². The van der Waals surface area contributed by atoms with Gasteiger partial charge in [-0.3, -0.25) is 0 Å². The first-order valence-corrected chi connectivity index (χ1v) is 10.6. The second kappa shape index (κ2) is 13.0. The van der Waals surface area contributed by atoms with Crippen LogP contribution in [0.1, 0.15) is 85.5 Å². The first kappa shape index (κ1) is 22.8. The van der Waals surface area contributed by atoms with Crippen molar-refractivity contribution in [1.82, 2.24) is 0 Å². The highest BCUT2D eigenvalue weighted by Crippen LogP contribution is 2.31. The van der Waals surface area contributed by atoms with Gasteiger partial charge in [0.1, 0.15) is 11.5 Å². The Morgan fingerprint density at radius 1 is 0.885 bits per heavy atom. The molecule has 0 heterocycles. The highest BCUT2D eigenvalue weighted by Gasteiger charge is 2.32. The Balaban J connectivity index is 2.81. The van der Waals surface area contributed by atoms with Crippen LogP contribution >= 0.6 is 0 Å². The van der Waals surface area contributed by atoms with Crippen molar-refractivity contribution in [2.45, 2.75) is 91.3 Å². The molecule has 1 aromatic carbocycles. The molecule has 0 aliphatic rings. The zero-order valence-corrected chi connectivity index (χ0v) is 17.7. The van der Waals surface area contributed by atoms with Gasteiger partial charge in [-0.15, -0.1) is 0 Å². The molecule has 2 atom stereocenters. The number of ether oxygens (including phenoxy) is 3. The molecule has 0 aliphatic carbocycles. The molecule has 0 saturated carbocycles. The quantitative estimate of drug-likeness (QED) is 0.248. The molecule has 1 aromatic rings. The molecule has 0 aromatic heterocycles. The largest absolute Gasteiger partial charge is 0.497 e. The van der Waals surface area contributed by atoms with Crippen LogP contribution in [0.25, 0.3) is 0 Å². The van der Waals surface area contributed by atoms with E-state index in [1.165, 1.54) is 32.1 Å². The smallest absolute Gasteiger partial charge is 0.210 e. The summed E-state index contributed by atoms with van der Waals surface area (Å²) in [6.07, 6.45) is 10.3. The van der Waals surface area contributed by atoms with Crippen molar-refractivity contribution in [1.29, 1.82) is 0 Å². The van der Waals surface area contributed by atoms with Crippen LogP contribution in [0.5, 0.6) is 11.5 Å². The van der Waals surface area contributed by atoms with Crippen molar-refractivity contribution in [2.24, 2.45) is 5.92 Å². The minimum atomic E-state index is -0.524. The highest BCUT2D eigenvalue weighted by atomic mass is 16.7. The van der Waals surface area contributed by atoms with Gasteiger partial charge in [0.2, 0.25) is 5.79 Å². The van der Waals surface area contributed by atoms with Gasteiger partial charge < -0.3 is 14.2 Å². The summed E-state index contributed by atoms with van der Waals surface area (Å²) in [4.78, 5) is 0. The van der Waals surface area contributed by atoms with E-state index < -0.39 is 5.79 Å². The fourth-order valence-corrected chi connectivity index (χ4v) is 3.17. The summed E-state index contributed by atoms with van der Waals surface area (Å²) in [6, 6.07) is 7.83. The molecule has 150 valence electrons. The molecule has 0 bridgehead atoms. The Bertz CT molecular complexity index is 457. The third-order valence-corrected chi connectivity index (χ3v) is 5.19. The minimum Gasteiger partial charge on any atom is -0.497 e. The van der Waals surface area contributed by atoms with Crippen LogP contribution in [0, 0.1) is 5.92 Å². The average Bonchev–Trinajstić information content (AvgIpc) is 2.68. The van der Waals surface area contributed by atoms with Gasteiger partial charge in [0.25, 0.3) is 0 Å². The summed E-state index contributed by atoms with van der Waals surface area (Å²) >= 11 is 0. The van der Waals surface area contributed by atoms with Crippen LogP contribution in [0.15, 0.2) is 24.3 Å². The van der Waals surface area contributed by atoms with Gasteiger partial charge in [-0.05, 0) is 43.0 Å². The summed E-state index contributed by atoms with van der Waals surface area (Å²) in [5.41, 5.74) is 0. The molecular weight excluding hydrogens is 324 g/mol. The molecule has 0 N–H and O–H groups in total. The zero-order chi connectivity index (χ0) is 19.3. The van der Waals surface area contributed by atoms with E-state index in [1.807, 2.05) is 24.3 Å². The maximum atomic E-state index is 6.48. The van der Waals surface area contributed by atoms with E-state index in [0.717, 1.165) is 43.8 Å². The Labute approximate surface area is 161 Å². The molecule has 0 amide bonds. The molecule has 3 heteroatoms. The lowest BCUT2D eigenvalue weighted by Gasteiger charge is -2.35. The topological polar surface area (TPSA) is 27.7 Å². The number of hydrogen-bond acceptors (Lipinski definition) is 3. The van der Waals surface area contributed by atoms with Crippen LogP contribution in [0.2, 0.25) is 0 Å². The lowest BCUT2D eigenvalue weighted by molar-refractivity contribution is -0.198. The maximum absolute atomic E-state index is 6.48. The second-order valence-electron chi connectivity index (χ2n) is 7.23. The molecule has 0 spiro atoms. The first-order chi connectivity index (χ1) is 12.6. The maximum Gasteiger partial charge on any atom is 0.210 e. The molecule has 3 nitrogen and oxygen atoms in total. The summed E-state index contributed by atoms with van der Waals surface area (Å²) in [7, 11) is 1.68. The predicted molar refractivity (Wildman–Crippen MR) is 110 cm³/mol. The summed E-state index contributed by atoms with van der Waals surface area (Å²) in [5, 5.41) is 0. The molecule has 26 heavy (non-hydrogen) atoms. The highest BCUT2D eigenvalue weighted by molar-refractivity contribution is 5.31. The van der Waals surface area contributed by atoms with E-state index >= 15 is 0 Å². The summed E-state index contributed by atoms with van der Waals surface area (Å²) in [6.45, 7) is 9.70. The summed E-state index contributed by atoms with van der Waals surface area (Å²) in [5.74, 6) is 1.79. The molecule has 0 radical (unpaired) electrons. The fraction of sp³-hybridized carbons (Fsp3) is 0.739. The van der Waals surface area contributed by atoms with Gasteiger partial charge in [-0.25, -0.2) is 0 Å². The molecule has 0 saturated heterocycles. The number of rotatable bonds is 15. The lowest BCUT2D eigenvalue weighted by atomic mass is 9.99. The monoisotopic (exact) mass is 364 g/mol. The van der Waals surface area contributed by atoms with E-state index in [4.69, 9.17) is 14.2 Å². The molecule has 1 rings (SSSR count). The number of hydrogen-bond donors (Lipinski definition) is 0. The lowest BCUT2D eigenvalue weighted by Crippen LogP contribution is -2.40. The third-order valence-electron chi connectivity index (χ3n) is 5.19. The molecule has 0 aliphatic heterocycles. The standard InChI is InChI=1S/C23H40O3/c1-6-10-12-18-23(9-4,25-19-20(8-3)13-11-7-2)26-22-16-14-21(24-5)15-17-22/h14-17,20H,6-13,18-19H2,1-5H3. The number of benzene rings is 1. The van der Waals surface area contributed by atoms with E-state index in [2.05, 4.69) is 27.7 Å².